The second kappa shape index (κ2) is 3.40. The van der Waals surface area contributed by atoms with Crippen molar-refractivity contribution >= 4 is 0 Å². The number of rotatable bonds is 1. The van der Waals surface area contributed by atoms with Gasteiger partial charge in [0.2, 0.25) is 0 Å². The molecule has 2 rings (SSSR count). The Morgan fingerprint density at radius 2 is 1.77 bits per heavy atom. The van der Waals surface area contributed by atoms with Crippen LogP contribution in [0.5, 0.6) is 0 Å². The first kappa shape index (κ1) is 7.99. The standard InChI is InChI=1S/C12H10N/c1-10-2-4-11(5-3-10)12-6-8-13-9-7-12/h2-8H,1H3. The van der Waals surface area contributed by atoms with Crippen LogP contribution in [-0.2, 0) is 0 Å². The van der Waals surface area contributed by atoms with Gasteiger partial charge in [-0.05, 0) is 30.2 Å². The first-order valence-electron chi connectivity index (χ1n) is 4.25. The molecule has 0 atom stereocenters. The molecule has 0 aliphatic heterocycles. The summed E-state index contributed by atoms with van der Waals surface area (Å²) < 4.78 is 0. The van der Waals surface area contributed by atoms with Crippen LogP contribution in [0.4, 0.5) is 0 Å². The highest BCUT2D eigenvalue weighted by Gasteiger charge is 1.94. The molecule has 1 radical (unpaired) electrons. The minimum atomic E-state index is 1.16. The van der Waals surface area contributed by atoms with Crippen molar-refractivity contribution in [3.63, 3.8) is 0 Å². The number of hydrogen-bond donors (Lipinski definition) is 0. The van der Waals surface area contributed by atoms with Crippen molar-refractivity contribution in [2.75, 3.05) is 0 Å². The van der Waals surface area contributed by atoms with Gasteiger partial charge in [-0.15, -0.1) is 0 Å². The summed E-state index contributed by atoms with van der Waals surface area (Å²) in [5.74, 6) is 0. The highest BCUT2D eigenvalue weighted by atomic mass is 14.6. The van der Waals surface area contributed by atoms with Crippen molar-refractivity contribution in [1.29, 1.82) is 0 Å². The normalized spacial score (nSPS) is 9.92. The minimum Gasteiger partial charge on any atom is -0.255 e. The van der Waals surface area contributed by atoms with E-state index in [0.717, 1.165) is 5.56 Å². The number of benzene rings is 1. The molecule has 1 heteroatoms. The molecule has 0 saturated carbocycles. The van der Waals surface area contributed by atoms with Crippen LogP contribution in [-0.4, -0.2) is 4.98 Å². The van der Waals surface area contributed by atoms with Crippen LogP contribution < -0.4 is 0 Å². The monoisotopic (exact) mass is 168 g/mol. The Morgan fingerprint density at radius 3 is 2.38 bits per heavy atom. The second-order valence-corrected chi connectivity index (χ2v) is 3.04. The fraction of sp³-hybridized carbons (Fsp3) is 0.0833. The molecule has 0 unspecified atom stereocenters. The Balaban J connectivity index is 2.42. The van der Waals surface area contributed by atoms with E-state index in [4.69, 9.17) is 0 Å². The fourth-order valence-corrected chi connectivity index (χ4v) is 1.24. The maximum absolute atomic E-state index is 3.86. The summed E-state index contributed by atoms with van der Waals surface area (Å²) in [6.07, 6.45) is 4.58. The quantitative estimate of drug-likeness (QED) is 0.638. The van der Waals surface area contributed by atoms with Gasteiger partial charge in [-0.25, -0.2) is 0 Å². The third-order valence-electron chi connectivity index (χ3n) is 2.01. The van der Waals surface area contributed by atoms with Gasteiger partial charge in [0.1, 0.15) is 0 Å². The van der Waals surface area contributed by atoms with E-state index in [2.05, 4.69) is 42.4 Å². The summed E-state index contributed by atoms with van der Waals surface area (Å²) in [5, 5.41) is 0. The molecule has 0 fully saturated rings. The van der Waals surface area contributed by atoms with Crippen molar-refractivity contribution < 1.29 is 0 Å². The van der Waals surface area contributed by atoms with E-state index in [1.807, 2.05) is 12.1 Å². The molecule has 13 heavy (non-hydrogen) atoms. The minimum absolute atomic E-state index is 1.16. The number of aromatic nitrogens is 1. The summed E-state index contributed by atoms with van der Waals surface area (Å²) in [4.78, 5) is 3.86. The molecular formula is C12H10N. The van der Waals surface area contributed by atoms with Crippen molar-refractivity contribution in [2.24, 2.45) is 0 Å². The zero-order valence-electron chi connectivity index (χ0n) is 7.49. The number of nitrogens with zero attached hydrogens (tertiary/aromatic N) is 1. The Kier molecular flexibility index (Phi) is 2.09. The molecule has 0 bridgehead atoms. The Morgan fingerprint density at radius 1 is 1.00 bits per heavy atom. The maximum Gasteiger partial charge on any atom is 0.0892 e. The lowest BCUT2D eigenvalue weighted by atomic mass is 10.1. The highest BCUT2D eigenvalue weighted by molar-refractivity contribution is 5.62. The second-order valence-electron chi connectivity index (χ2n) is 3.04. The Hall–Kier alpha value is -1.63. The molecule has 0 aliphatic rings. The molecule has 0 saturated heterocycles. The third-order valence-corrected chi connectivity index (χ3v) is 2.01. The highest BCUT2D eigenvalue weighted by Crippen LogP contribution is 2.17. The van der Waals surface area contributed by atoms with Crippen molar-refractivity contribution in [1.82, 2.24) is 4.98 Å². The van der Waals surface area contributed by atoms with Crippen molar-refractivity contribution in [2.45, 2.75) is 6.92 Å². The zero-order valence-corrected chi connectivity index (χ0v) is 7.49. The number of hydrogen-bond acceptors (Lipinski definition) is 1. The molecule has 0 aliphatic carbocycles. The molecule has 1 aromatic heterocycles. The molecule has 1 nitrogen and oxygen atoms in total. The number of aryl methyl sites for hydroxylation is 1. The van der Waals surface area contributed by atoms with Gasteiger partial charge in [0.05, 0.1) is 6.20 Å². The van der Waals surface area contributed by atoms with E-state index >= 15 is 0 Å². The van der Waals surface area contributed by atoms with Gasteiger partial charge in [0, 0.05) is 6.20 Å². The molecule has 0 spiro atoms. The third kappa shape index (κ3) is 1.75. The van der Waals surface area contributed by atoms with Gasteiger partial charge < -0.3 is 0 Å². The summed E-state index contributed by atoms with van der Waals surface area (Å²) in [6, 6.07) is 12.3. The molecule has 0 N–H and O–H groups in total. The van der Waals surface area contributed by atoms with Gasteiger partial charge >= 0.3 is 0 Å². The van der Waals surface area contributed by atoms with Crippen molar-refractivity contribution in [3.8, 4) is 11.1 Å². The summed E-state index contributed by atoms with van der Waals surface area (Å²) in [6.45, 7) is 2.09. The molecule has 1 aromatic carbocycles. The van der Waals surface area contributed by atoms with Gasteiger partial charge in [0.15, 0.2) is 0 Å². The SMILES string of the molecule is Cc1ccc(-c2c[c]ncc2)cc1. The van der Waals surface area contributed by atoms with Gasteiger partial charge in [-0.1, -0.05) is 29.8 Å². The maximum atomic E-state index is 3.86. The molecule has 2 aromatic rings. The predicted octanol–water partition coefficient (Wildman–Crippen LogP) is 2.86. The van der Waals surface area contributed by atoms with Crippen LogP contribution in [0.25, 0.3) is 11.1 Å². The molecular weight excluding hydrogens is 158 g/mol. The summed E-state index contributed by atoms with van der Waals surface area (Å²) in [5.41, 5.74) is 3.65. The Labute approximate surface area is 78.1 Å². The zero-order chi connectivity index (χ0) is 9.10. The first-order valence-corrected chi connectivity index (χ1v) is 4.25. The summed E-state index contributed by atoms with van der Waals surface area (Å²) in [7, 11) is 0. The molecule has 1 heterocycles. The first-order chi connectivity index (χ1) is 6.36. The van der Waals surface area contributed by atoms with E-state index < -0.39 is 0 Å². The van der Waals surface area contributed by atoms with Crippen LogP contribution in [0, 0.1) is 13.1 Å². The van der Waals surface area contributed by atoms with Crippen LogP contribution in [0.15, 0.2) is 42.6 Å². The van der Waals surface area contributed by atoms with E-state index in [9.17, 15) is 0 Å². The average molecular weight is 168 g/mol. The van der Waals surface area contributed by atoms with Crippen LogP contribution in [0.3, 0.4) is 0 Å². The van der Waals surface area contributed by atoms with E-state index in [1.165, 1.54) is 11.1 Å². The average Bonchev–Trinajstić information content (AvgIpc) is 2.20. The van der Waals surface area contributed by atoms with Gasteiger partial charge in [-0.3, -0.25) is 4.98 Å². The van der Waals surface area contributed by atoms with Crippen LogP contribution >= 0.6 is 0 Å². The van der Waals surface area contributed by atoms with Gasteiger partial charge in [-0.2, -0.15) is 0 Å². The topological polar surface area (TPSA) is 12.9 Å². The molecule has 63 valence electrons. The lowest BCUT2D eigenvalue weighted by molar-refractivity contribution is 1.31. The smallest absolute Gasteiger partial charge is 0.0892 e. The van der Waals surface area contributed by atoms with E-state index in [-0.39, 0.29) is 0 Å². The summed E-state index contributed by atoms with van der Waals surface area (Å²) >= 11 is 0. The fourth-order valence-electron chi connectivity index (χ4n) is 1.24. The predicted molar refractivity (Wildman–Crippen MR) is 53.2 cm³/mol. The largest absolute Gasteiger partial charge is 0.255 e. The lowest BCUT2D eigenvalue weighted by Crippen LogP contribution is -1.78. The molecule has 0 amide bonds. The van der Waals surface area contributed by atoms with Gasteiger partial charge in [0.25, 0.3) is 0 Å². The van der Waals surface area contributed by atoms with Crippen molar-refractivity contribution in [3.05, 3.63) is 54.4 Å². The van der Waals surface area contributed by atoms with Crippen LogP contribution in [0.1, 0.15) is 5.56 Å². The number of pyridine rings is 1. The van der Waals surface area contributed by atoms with E-state index in [1.54, 1.807) is 6.20 Å². The Bertz CT molecular complexity index is 376. The lowest BCUT2D eigenvalue weighted by Gasteiger charge is -2.00. The van der Waals surface area contributed by atoms with Crippen LogP contribution in [0.2, 0.25) is 0 Å². The van der Waals surface area contributed by atoms with E-state index in [0.29, 0.717) is 0 Å².